The summed E-state index contributed by atoms with van der Waals surface area (Å²) in [7, 11) is 0. The number of thiophene rings is 6. The molecule has 10 rings (SSSR count). The van der Waals surface area contributed by atoms with Gasteiger partial charge in [0.25, 0.3) is 0 Å². The van der Waals surface area contributed by atoms with E-state index in [1.165, 1.54) is 9.40 Å². The van der Waals surface area contributed by atoms with E-state index in [-0.39, 0.29) is 0 Å². The lowest BCUT2D eigenvalue weighted by Gasteiger charge is -2.18. The number of ether oxygens (including phenoxy) is 8. The van der Waals surface area contributed by atoms with Crippen LogP contribution < -0.4 is 37.9 Å². The molecule has 0 radical (unpaired) electrons. The average molecular weight is 701 g/mol. The zero-order valence-electron chi connectivity index (χ0n) is 22.7. The fourth-order valence-corrected chi connectivity index (χ4v) is 13.1. The minimum atomic E-state index is 0.517. The van der Waals surface area contributed by atoms with E-state index in [1.807, 2.05) is 10.8 Å². The predicted octanol–water partition coefficient (Wildman–Crippen LogP) is 8.96. The van der Waals surface area contributed by atoms with Gasteiger partial charge in [-0.2, -0.15) is 0 Å². The van der Waals surface area contributed by atoms with Crippen molar-refractivity contribution < 1.29 is 37.9 Å². The number of fused-ring (bicyclic) bond motifs is 5. The first-order chi connectivity index (χ1) is 21.8. The monoisotopic (exact) mass is 700 g/mol. The van der Waals surface area contributed by atoms with Crippen molar-refractivity contribution in [2.24, 2.45) is 0 Å². The van der Waals surface area contributed by atoms with Crippen molar-refractivity contribution in [1.29, 1.82) is 0 Å². The van der Waals surface area contributed by atoms with Crippen LogP contribution in [-0.2, 0) is 0 Å². The highest BCUT2D eigenvalue weighted by Crippen LogP contribution is 2.64. The fraction of sp³-hybridized carbons (Fsp3) is 0.267. The molecule has 0 saturated carbocycles. The van der Waals surface area contributed by atoms with Crippen LogP contribution in [0, 0.1) is 0 Å². The molecule has 0 unspecified atom stereocenters. The van der Waals surface area contributed by atoms with Gasteiger partial charge in [0.2, 0.25) is 0 Å². The average Bonchev–Trinajstić information content (AvgIpc) is 3.90. The molecule has 0 saturated heterocycles. The maximum absolute atomic E-state index is 6.26. The first kappa shape index (κ1) is 26.1. The Morgan fingerprint density at radius 1 is 0.341 bits per heavy atom. The summed E-state index contributed by atoms with van der Waals surface area (Å²) < 4.78 is 51.2. The summed E-state index contributed by atoms with van der Waals surface area (Å²) in [6.07, 6.45) is 0. The van der Waals surface area contributed by atoms with Gasteiger partial charge in [-0.05, 0) is 0 Å². The van der Waals surface area contributed by atoms with Crippen LogP contribution in [0.1, 0.15) is 0 Å². The van der Waals surface area contributed by atoms with Crippen LogP contribution >= 0.6 is 68.0 Å². The molecule has 0 spiro atoms. The lowest BCUT2D eigenvalue weighted by molar-refractivity contribution is 0.174. The lowest BCUT2D eigenvalue weighted by Crippen LogP contribution is -2.14. The topological polar surface area (TPSA) is 73.8 Å². The molecular formula is C30H20O8S6. The van der Waals surface area contributed by atoms with Gasteiger partial charge in [-0.15, -0.1) is 68.0 Å². The van der Waals surface area contributed by atoms with Crippen LogP contribution in [0.4, 0.5) is 0 Å². The summed E-state index contributed by atoms with van der Waals surface area (Å²) in [6, 6.07) is 0. The Labute approximate surface area is 274 Å². The highest BCUT2D eigenvalue weighted by Gasteiger charge is 2.35. The summed E-state index contributed by atoms with van der Waals surface area (Å²) in [5, 5.41) is 8.20. The minimum Gasteiger partial charge on any atom is -0.485 e. The zero-order chi connectivity index (χ0) is 28.8. The Bertz CT molecular complexity index is 1920. The molecule has 224 valence electrons. The standard InChI is InChI=1S/C30H20O8S6/c1-5-35-19-13(31-1)9-39-23(19)17-25-26(44-27(17)29-21-15(11-41-29)33-3-7-37-21)18(24-20-14(10-40-24)32-2-6-36-20)28(43-25)30-22-16(12-42-30)34-4-8-38-22/h9-12H,1-8H2. The molecule has 4 aliphatic rings. The van der Waals surface area contributed by atoms with E-state index in [0.717, 1.165) is 86.4 Å². The Kier molecular flexibility index (Phi) is 6.05. The molecule has 4 aliphatic heterocycles. The highest BCUT2D eigenvalue weighted by molar-refractivity contribution is 7.36. The maximum atomic E-state index is 6.26. The van der Waals surface area contributed by atoms with Crippen LogP contribution in [0.3, 0.4) is 0 Å². The second-order valence-electron chi connectivity index (χ2n) is 10.1. The molecule has 0 amide bonds. The number of hydrogen-bond acceptors (Lipinski definition) is 14. The van der Waals surface area contributed by atoms with Crippen LogP contribution in [0.15, 0.2) is 21.5 Å². The van der Waals surface area contributed by atoms with E-state index >= 15 is 0 Å². The molecule has 0 N–H and O–H groups in total. The van der Waals surface area contributed by atoms with Gasteiger partial charge in [-0.1, -0.05) is 0 Å². The van der Waals surface area contributed by atoms with Crippen molar-refractivity contribution in [3.63, 3.8) is 0 Å². The van der Waals surface area contributed by atoms with Gasteiger partial charge >= 0.3 is 0 Å². The van der Waals surface area contributed by atoms with Gasteiger partial charge in [0.15, 0.2) is 46.0 Å². The second kappa shape index (κ2) is 10.2. The molecular weight excluding hydrogens is 681 g/mol. The Balaban J connectivity index is 1.29. The summed E-state index contributed by atoms with van der Waals surface area (Å²) in [5.41, 5.74) is 2.26. The van der Waals surface area contributed by atoms with Gasteiger partial charge in [-0.3, -0.25) is 0 Å². The zero-order valence-corrected chi connectivity index (χ0v) is 27.6. The molecule has 6 aromatic heterocycles. The highest BCUT2D eigenvalue weighted by atomic mass is 32.1. The van der Waals surface area contributed by atoms with Crippen molar-refractivity contribution in [2.45, 2.75) is 0 Å². The third kappa shape index (κ3) is 3.81. The van der Waals surface area contributed by atoms with E-state index < -0.39 is 0 Å². The quantitative estimate of drug-likeness (QED) is 0.181. The lowest BCUT2D eigenvalue weighted by atomic mass is 10.1. The fourth-order valence-electron chi connectivity index (χ4n) is 5.78. The van der Waals surface area contributed by atoms with Crippen molar-refractivity contribution in [1.82, 2.24) is 0 Å². The van der Waals surface area contributed by atoms with Crippen molar-refractivity contribution in [3.8, 4) is 86.4 Å². The van der Waals surface area contributed by atoms with Crippen LogP contribution in [-0.4, -0.2) is 52.9 Å². The van der Waals surface area contributed by atoms with Crippen molar-refractivity contribution in [2.75, 3.05) is 52.9 Å². The Hall–Kier alpha value is -3.14. The largest absolute Gasteiger partial charge is 0.485 e. The first-order valence-electron chi connectivity index (χ1n) is 13.9. The van der Waals surface area contributed by atoms with Gasteiger partial charge in [-0.25, -0.2) is 0 Å². The molecule has 0 aromatic carbocycles. The Morgan fingerprint density at radius 3 is 1.00 bits per heavy atom. The van der Waals surface area contributed by atoms with E-state index in [1.54, 1.807) is 68.0 Å². The van der Waals surface area contributed by atoms with Crippen LogP contribution in [0.2, 0.25) is 0 Å². The molecule has 0 aliphatic carbocycles. The number of hydrogen-bond donors (Lipinski definition) is 0. The van der Waals surface area contributed by atoms with E-state index in [9.17, 15) is 0 Å². The first-order valence-corrected chi connectivity index (χ1v) is 19.1. The van der Waals surface area contributed by atoms with E-state index in [4.69, 9.17) is 37.9 Å². The van der Waals surface area contributed by atoms with Crippen LogP contribution in [0.5, 0.6) is 46.0 Å². The summed E-state index contributed by atoms with van der Waals surface area (Å²) >= 11 is 10.2. The molecule has 0 fully saturated rings. The second-order valence-corrected chi connectivity index (χ2v) is 15.7. The predicted molar refractivity (Wildman–Crippen MR) is 177 cm³/mol. The maximum Gasteiger partial charge on any atom is 0.180 e. The summed E-state index contributed by atoms with van der Waals surface area (Å²) in [6.45, 7) is 4.27. The minimum absolute atomic E-state index is 0.517. The van der Waals surface area contributed by atoms with Crippen molar-refractivity contribution >= 4 is 77.4 Å². The van der Waals surface area contributed by atoms with Gasteiger partial charge in [0, 0.05) is 32.6 Å². The van der Waals surface area contributed by atoms with Crippen molar-refractivity contribution in [3.05, 3.63) is 21.5 Å². The van der Waals surface area contributed by atoms with E-state index in [0.29, 0.717) is 52.9 Å². The van der Waals surface area contributed by atoms with Gasteiger partial charge in [0.1, 0.15) is 52.9 Å². The SMILES string of the molecule is c1sc(-c2sc3c(-c4scc5c4OCCO5)c(-c4scc5c4OCCO5)sc3c2-c2scc3c2OCCO3)c2c1OCCO2. The molecule has 6 aromatic rings. The summed E-state index contributed by atoms with van der Waals surface area (Å²) in [5.74, 6) is 6.41. The van der Waals surface area contributed by atoms with Crippen LogP contribution in [0.25, 0.3) is 49.8 Å². The van der Waals surface area contributed by atoms with E-state index in [2.05, 4.69) is 10.8 Å². The van der Waals surface area contributed by atoms with Gasteiger partial charge in [0.05, 0.1) is 38.7 Å². The molecule has 8 nitrogen and oxygen atoms in total. The summed E-state index contributed by atoms with van der Waals surface area (Å²) in [4.78, 5) is 6.49. The van der Waals surface area contributed by atoms with Gasteiger partial charge < -0.3 is 37.9 Å². The number of rotatable bonds is 4. The molecule has 44 heavy (non-hydrogen) atoms. The third-order valence-corrected chi connectivity index (χ3v) is 14.3. The molecule has 10 heterocycles. The Morgan fingerprint density at radius 2 is 0.636 bits per heavy atom. The molecule has 14 heteroatoms. The third-order valence-electron chi connectivity index (χ3n) is 7.59. The smallest absolute Gasteiger partial charge is 0.180 e. The molecule has 0 bridgehead atoms. The normalized spacial score (nSPS) is 16.5. The molecule has 0 atom stereocenters.